The summed E-state index contributed by atoms with van der Waals surface area (Å²) < 4.78 is 0. The zero-order chi connectivity index (χ0) is 18.6. The molecule has 2 aromatic rings. The van der Waals surface area contributed by atoms with Crippen LogP contribution >= 0.6 is 22.9 Å². The van der Waals surface area contributed by atoms with Crippen molar-refractivity contribution in [1.82, 2.24) is 15.6 Å². The molecule has 1 aliphatic heterocycles. The maximum absolute atomic E-state index is 12.2. The third kappa shape index (κ3) is 5.05. The van der Waals surface area contributed by atoms with Gasteiger partial charge in [-0.1, -0.05) is 23.7 Å². The first-order chi connectivity index (χ1) is 12.4. The van der Waals surface area contributed by atoms with E-state index in [0.717, 1.165) is 22.7 Å². The summed E-state index contributed by atoms with van der Waals surface area (Å²) in [6.07, 6.45) is 2.94. The summed E-state index contributed by atoms with van der Waals surface area (Å²) in [4.78, 5) is 28.4. The number of aryl methyl sites for hydroxylation is 1. The largest absolute Gasteiger partial charge is 0.350 e. The first-order valence-electron chi connectivity index (χ1n) is 8.67. The number of rotatable bonds is 7. The number of hydrogen-bond donors (Lipinski definition) is 2. The van der Waals surface area contributed by atoms with Gasteiger partial charge in [0.15, 0.2) is 0 Å². The normalized spacial score (nSPS) is 19.4. The number of benzene rings is 1. The van der Waals surface area contributed by atoms with Crippen LogP contribution in [0.15, 0.2) is 29.6 Å². The fourth-order valence-corrected chi connectivity index (χ4v) is 4.03. The van der Waals surface area contributed by atoms with Crippen molar-refractivity contribution in [2.24, 2.45) is 0 Å². The van der Waals surface area contributed by atoms with Gasteiger partial charge in [-0.05, 0) is 43.9 Å². The van der Waals surface area contributed by atoms with E-state index >= 15 is 0 Å². The van der Waals surface area contributed by atoms with Crippen LogP contribution in [0.2, 0.25) is 5.02 Å². The van der Waals surface area contributed by atoms with Crippen molar-refractivity contribution in [3.05, 3.63) is 50.9 Å². The van der Waals surface area contributed by atoms with Gasteiger partial charge in [-0.2, -0.15) is 0 Å². The van der Waals surface area contributed by atoms with Crippen molar-refractivity contribution < 1.29 is 9.59 Å². The van der Waals surface area contributed by atoms with Crippen molar-refractivity contribution in [2.45, 2.75) is 51.1 Å². The summed E-state index contributed by atoms with van der Waals surface area (Å²) in [5, 5.41) is 9.64. The topological polar surface area (TPSA) is 71.1 Å². The van der Waals surface area contributed by atoms with Crippen LogP contribution in [0.4, 0.5) is 0 Å². The molecule has 1 unspecified atom stereocenters. The summed E-state index contributed by atoms with van der Waals surface area (Å²) in [7, 11) is 0. The second kappa shape index (κ2) is 8.18. The molecule has 1 saturated heterocycles. The number of nitrogens with zero attached hydrogens (tertiary/aromatic N) is 1. The zero-order valence-corrected chi connectivity index (χ0v) is 16.3. The fraction of sp³-hybridized carbons (Fsp3) is 0.421. The number of carbonyl (C=O) groups is 2. The predicted molar refractivity (Wildman–Crippen MR) is 103 cm³/mol. The quantitative estimate of drug-likeness (QED) is 0.759. The summed E-state index contributed by atoms with van der Waals surface area (Å²) in [6.45, 7) is 2.39. The molecule has 138 valence electrons. The highest BCUT2D eigenvalue weighted by Gasteiger charge is 2.37. The smallest absolute Gasteiger partial charge is 0.220 e. The Bertz CT molecular complexity index is 790. The fourth-order valence-electron chi connectivity index (χ4n) is 3.29. The van der Waals surface area contributed by atoms with Crippen LogP contribution in [0.25, 0.3) is 0 Å². The van der Waals surface area contributed by atoms with Crippen LogP contribution in [-0.4, -0.2) is 22.3 Å². The standard InChI is InChI=1S/C19H22ClN3O2S/c1-13-22-16(12-26-13)11-21-17(24)6-8-19(9-7-18(25)23-19)10-14-2-4-15(20)5-3-14/h2-5,12H,6-11H2,1H3,(H,21,24)(H,23,25). The lowest BCUT2D eigenvalue weighted by Crippen LogP contribution is -2.44. The van der Waals surface area contributed by atoms with Crippen LogP contribution in [0.1, 0.15) is 41.9 Å². The first-order valence-corrected chi connectivity index (χ1v) is 9.93. The number of aromatic nitrogens is 1. The Morgan fingerprint density at radius 1 is 1.38 bits per heavy atom. The highest BCUT2D eigenvalue weighted by atomic mass is 35.5. The van der Waals surface area contributed by atoms with E-state index in [4.69, 9.17) is 11.6 Å². The second-order valence-corrected chi connectivity index (χ2v) is 8.27. The maximum Gasteiger partial charge on any atom is 0.220 e. The molecule has 3 rings (SSSR count). The van der Waals surface area contributed by atoms with E-state index in [0.29, 0.717) is 37.3 Å². The number of thiazole rings is 1. The number of halogens is 1. The van der Waals surface area contributed by atoms with E-state index in [9.17, 15) is 9.59 Å². The molecule has 1 aromatic heterocycles. The molecule has 26 heavy (non-hydrogen) atoms. The number of nitrogens with one attached hydrogen (secondary N) is 2. The zero-order valence-electron chi connectivity index (χ0n) is 14.7. The van der Waals surface area contributed by atoms with Crippen molar-refractivity contribution in [3.8, 4) is 0 Å². The first kappa shape index (κ1) is 18.9. The van der Waals surface area contributed by atoms with Gasteiger partial charge in [0.25, 0.3) is 0 Å². The van der Waals surface area contributed by atoms with Crippen LogP contribution in [0.5, 0.6) is 0 Å². The number of carbonyl (C=O) groups excluding carboxylic acids is 2. The van der Waals surface area contributed by atoms with Gasteiger partial charge >= 0.3 is 0 Å². The molecule has 0 aliphatic carbocycles. The lowest BCUT2D eigenvalue weighted by Gasteiger charge is -2.29. The highest BCUT2D eigenvalue weighted by Crippen LogP contribution is 2.30. The molecular formula is C19H22ClN3O2S. The minimum absolute atomic E-state index is 0.0210. The molecule has 1 aliphatic rings. The summed E-state index contributed by atoms with van der Waals surface area (Å²) in [5.74, 6) is 0.0320. The van der Waals surface area contributed by atoms with Crippen LogP contribution in [-0.2, 0) is 22.6 Å². The van der Waals surface area contributed by atoms with Crippen LogP contribution in [0.3, 0.4) is 0 Å². The van der Waals surface area contributed by atoms with E-state index in [1.165, 1.54) is 0 Å². The Morgan fingerprint density at radius 3 is 2.77 bits per heavy atom. The van der Waals surface area contributed by atoms with Gasteiger partial charge in [0.2, 0.25) is 11.8 Å². The van der Waals surface area contributed by atoms with Gasteiger partial charge in [0.05, 0.1) is 17.2 Å². The third-order valence-electron chi connectivity index (χ3n) is 4.65. The van der Waals surface area contributed by atoms with Crippen molar-refractivity contribution in [1.29, 1.82) is 0 Å². The van der Waals surface area contributed by atoms with Crippen LogP contribution in [0, 0.1) is 6.92 Å². The van der Waals surface area contributed by atoms with E-state index in [1.54, 1.807) is 11.3 Å². The van der Waals surface area contributed by atoms with E-state index in [2.05, 4.69) is 15.6 Å². The predicted octanol–water partition coefficient (Wildman–Crippen LogP) is 3.39. The Hall–Kier alpha value is -1.92. The van der Waals surface area contributed by atoms with Gasteiger partial charge in [-0.25, -0.2) is 4.98 Å². The molecule has 2 heterocycles. The molecule has 0 radical (unpaired) electrons. The Labute approximate surface area is 162 Å². The molecule has 2 N–H and O–H groups in total. The molecule has 0 bridgehead atoms. The minimum atomic E-state index is -0.362. The van der Waals surface area contributed by atoms with E-state index in [1.807, 2.05) is 36.6 Å². The Kier molecular flexibility index (Phi) is 5.94. The van der Waals surface area contributed by atoms with Gasteiger partial charge < -0.3 is 10.6 Å². The summed E-state index contributed by atoms with van der Waals surface area (Å²) in [5.41, 5.74) is 1.63. The summed E-state index contributed by atoms with van der Waals surface area (Å²) >= 11 is 7.52. The SMILES string of the molecule is Cc1nc(CNC(=O)CCC2(Cc3ccc(Cl)cc3)CCC(=O)N2)cs1. The third-order valence-corrected chi connectivity index (χ3v) is 5.73. The molecule has 1 fully saturated rings. The molecule has 1 atom stereocenters. The molecule has 0 saturated carbocycles. The van der Waals surface area contributed by atoms with Crippen LogP contribution < -0.4 is 10.6 Å². The number of amides is 2. The lowest BCUT2D eigenvalue weighted by molar-refractivity contribution is -0.122. The van der Waals surface area contributed by atoms with Gasteiger partial charge in [-0.15, -0.1) is 11.3 Å². The summed E-state index contributed by atoms with van der Waals surface area (Å²) in [6, 6.07) is 7.65. The van der Waals surface area contributed by atoms with E-state index in [-0.39, 0.29) is 17.4 Å². The second-order valence-electron chi connectivity index (χ2n) is 6.77. The Balaban J connectivity index is 1.56. The van der Waals surface area contributed by atoms with E-state index < -0.39 is 0 Å². The maximum atomic E-state index is 12.2. The van der Waals surface area contributed by atoms with Crippen molar-refractivity contribution >= 4 is 34.8 Å². The number of hydrogen-bond acceptors (Lipinski definition) is 4. The molecule has 2 amide bonds. The van der Waals surface area contributed by atoms with Gasteiger partial charge in [0.1, 0.15) is 0 Å². The highest BCUT2D eigenvalue weighted by molar-refractivity contribution is 7.09. The molecular weight excluding hydrogens is 370 g/mol. The minimum Gasteiger partial charge on any atom is -0.350 e. The average molecular weight is 392 g/mol. The Morgan fingerprint density at radius 2 is 2.15 bits per heavy atom. The van der Waals surface area contributed by atoms with Crippen molar-refractivity contribution in [3.63, 3.8) is 0 Å². The van der Waals surface area contributed by atoms with Gasteiger partial charge in [0, 0.05) is 28.8 Å². The average Bonchev–Trinajstić information content (AvgIpc) is 3.19. The van der Waals surface area contributed by atoms with Gasteiger partial charge in [-0.3, -0.25) is 9.59 Å². The molecule has 1 aromatic carbocycles. The molecule has 7 heteroatoms. The lowest BCUT2D eigenvalue weighted by atomic mass is 9.85. The molecule has 5 nitrogen and oxygen atoms in total. The van der Waals surface area contributed by atoms with Crippen molar-refractivity contribution in [2.75, 3.05) is 0 Å². The molecule has 0 spiro atoms. The monoisotopic (exact) mass is 391 g/mol.